The van der Waals surface area contributed by atoms with Crippen molar-refractivity contribution in [3.05, 3.63) is 47.0 Å². The molecule has 2 aliphatic rings. The van der Waals surface area contributed by atoms with Crippen LogP contribution in [-0.2, 0) is 0 Å². The Labute approximate surface area is 128 Å². The second-order valence-corrected chi connectivity index (χ2v) is 6.10. The van der Waals surface area contributed by atoms with Crippen molar-refractivity contribution in [2.75, 3.05) is 4.90 Å². The summed E-state index contributed by atoms with van der Waals surface area (Å²) in [7, 11) is 0. The number of para-hydroxylation sites is 1. The third kappa shape index (κ3) is 2.19. The molecule has 1 amide bonds. The minimum Gasteiger partial charge on any atom is -0.529 e. The third-order valence-corrected chi connectivity index (χ3v) is 4.66. The summed E-state index contributed by atoms with van der Waals surface area (Å²) < 4.78 is 39.3. The lowest BCUT2D eigenvalue weighted by molar-refractivity contribution is -0.245. The molecule has 22 heavy (non-hydrogen) atoms. The number of hydrogen-bond acceptors (Lipinski definition) is 4. The number of carbonyl (C=O) groups is 1. The largest absolute Gasteiger partial charge is 0.529 e. The van der Waals surface area contributed by atoms with E-state index in [0.717, 1.165) is 22.7 Å². The summed E-state index contributed by atoms with van der Waals surface area (Å²) in [5.41, 5.74) is 3.48. The van der Waals surface area contributed by atoms with E-state index in [9.17, 15) is 23.1 Å². The highest BCUT2D eigenvalue weighted by Gasteiger charge is 2.52. The molecule has 0 fully saturated rings. The van der Waals surface area contributed by atoms with Crippen LogP contribution in [0.15, 0.2) is 51.9 Å². The van der Waals surface area contributed by atoms with E-state index < -0.39 is 24.2 Å². The van der Waals surface area contributed by atoms with Crippen molar-refractivity contribution in [3.8, 4) is 0 Å². The first kappa shape index (κ1) is 15.0. The van der Waals surface area contributed by atoms with Crippen LogP contribution in [0.4, 0.5) is 23.7 Å². The Morgan fingerprint density at radius 1 is 1.36 bits per heavy atom. The summed E-state index contributed by atoms with van der Waals surface area (Å²) in [5.74, 6) is 0. The molecule has 0 aromatic heterocycles. The van der Waals surface area contributed by atoms with Gasteiger partial charge in [-0.2, -0.15) is 13.2 Å². The van der Waals surface area contributed by atoms with E-state index in [-0.39, 0.29) is 10.6 Å². The van der Waals surface area contributed by atoms with Gasteiger partial charge in [0.25, 0.3) is 0 Å². The number of anilines is 1. The van der Waals surface area contributed by atoms with Crippen LogP contribution in [0.5, 0.6) is 0 Å². The topological polar surface area (TPSA) is 69.4 Å². The Bertz CT molecular complexity index is 714. The number of benzene rings is 1. The number of rotatable bonds is 0. The number of hydrogen-bond donors (Lipinski definition) is 1. The molecule has 2 N–H and O–H groups in total. The maximum atomic E-state index is 13.1. The fourth-order valence-corrected chi connectivity index (χ4v) is 3.58. The van der Waals surface area contributed by atoms with E-state index in [1.807, 2.05) is 0 Å². The van der Waals surface area contributed by atoms with Gasteiger partial charge < -0.3 is 15.6 Å². The average molecular weight is 327 g/mol. The molecule has 1 heterocycles. The van der Waals surface area contributed by atoms with Crippen LogP contribution >= 0.6 is 11.8 Å². The minimum atomic E-state index is -4.62. The van der Waals surface area contributed by atoms with Crippen LogP contribution in [0.3, 0.4) is 0 Å². The number of nitrogens with two attached hydrogens (primary N) is 1. The third-order valence-electron chi connectivity index (χ3n) is 3.55. The number of halogens is 3. The van der Waals surface area contributed by atoms with Crippen molar-refractivity contribution in [1.29, 1.82) is 0 Å². The molecule has 1 aromatic rings. The first-order valence-corrected chi connectivity index (χ1v) is 7.11. The van der Waals surface area contributed by atoms with Crippen molar-refractivity contribution >= 4 is 23.5 Å². The maximum Gasteiger partial charge on any atom is 0.410 e. The van der Waals surface area contributed by atoms with Gasteiger partial charge in [-0.25, -0.2) is 0 Å². The van der Waals surface area contributed by atoms with Crippen LogP contribution in [0.1, 0.15) is 6.42 Å². The Balaban J connectivity index is 2.13. The highest BCUT2D eigenvalue weighted by atomic mass is 32.2. The summed E-state index contributed by atoms with van der Waals surface area (Å²) >= 11 is 1.06. The van der Waals surface area contributed by atoms with Gasteiger partial charge in [-0.3, -0.25) is 4.90 Å². The maximum absolute atomic E-state index is 13.1. The van der Waals surface area contributed by atoms with Crippen molar-refractivity contribution in [2.45, 2.75) is 23.0 Å². The Morgan fingerprint density at radius 2 is 2.05 bits per heavy atom. The van der Waals surface area contributed by atoms with Crippen molar-refractivity contribution in [1.82, 2.24) is 0 Å². The number of nitrogens with zero attached hydrogens (tertiary/aromatic N) is 1. The Morgan fingerprint density at radius 3 is 2.68 bits per heavy atom. The lowest BCUT2D eigenvalue weighted by Gasteiger charge is -2.40. The standard InChI is InChI=1S/C14H11F3N2O2S/c15-14(16,17)13(18)6-5-9-11(7-13)22-10-4-2-1-3-8(10)19(9)12(20)21/h1-5,7H,6,18H2,(H,20,21)/p-1. The normalized spacial score (nSPS) is 24.1. The summed E-state index contributed by atoms with van der Waals surface area (Å²) in [6.45, 7) is 0. The first-order valence-electron chi connectivity index (χ1n) is 6.30. The van der Waals surface area contributed by atoms with Gasteiger partial charge in [-0.05, 0) is 24.6 Å². The van der Waals surface area contributed by atoms with Gasteiger partial charge in [0.1, 0.15) is 11.6 Å². The zero-order chi connectivity index (χ0) is 16.1. The molecule has 1 aliphatic heterocycles. The molecule has 0 bridgehead atoms. The Hall–Kier alpha value is -1.93. The monoisotopic (exact) mass is 327 g/mol. The van der Waals surface area contributed by atoms with Gasteiger partial charge in [-0.1, -0.05) is 30.0 Å². The predicted octanol–water partition coefficient (Wildman–Crippen LogP) is 2.37. The number of fused-ring (bicyclic) bond motifs is 2. The van der Waals surface area contributed by atoms with Gasteiger partial charge in [0.2, 0.25) is 0 Å². The number of carbonyl (C=O) groups excluding carboxylic acids is 1. The highest BCUT2D eigenvalue weighted by Crippen LogP contribution is 2.50. The molecule has 116 valence electrons. The molecule has 0 saturated carbocycles. The smallest absolute Gasteiger partial charge is 0.410 e. The fraction of sp³-hybridized carbons (Fsp3) is 0.214. The summed E-state index contributed by atoms with van der Waals surface area (Å²) in [5, 5.41) is 11.4. The molecule has 3 rings (SSSR count). The number of thioether (sulfide) groups is 1. The number of carboxylic acid groups (broad SMARTS) is 1. The van der Waals surface area contributed by atoms with E-state index in [0.29, 0.717) is 10.6 Å². The number of alkyl halides is 3. The zero-order valence-corrected chi connectivity index (χ0v) is 11.9. The second-order valence-electron chi connectivity index (χ2n) is 5.01. The van der Waals surface area contributed by atoms with Crippen molar-refractivity contribution < 1.29 is 23.1 Å². The van der Waals surface area contributed by atoms with E-state index in [1.54, 1.807) is 24.3 Å². The molecule has 1 aromatic carbocycles. The van der Waals surface area contributed by atoms with Gasteiger partial charge in [-0.15, -0.1) is 0 Å². The predicted molar refractivity (Wildman–Crippen MR) is 73.9 cm³/mol. The first-order chi connectivity index (χ1) is 10.2. The van der Waals surface area contributed by atoms with E-state index in [4.69, 9.17) is 5.73 Å². The molecule has 0 radical (unpaired) electrons. The van der Waals surface area contributed by atoms with Crippen LogP contribution in [-0.4, -0.2) is 17.8 Å². The van der Waals surface area contributed by atoms with Crippen molar-refractivity contribution in [2.24, 2.45) is 5.73 Å². The van der Waals surface area contributed by atoms with E-state index in [2.05, 4.69) is 0 Å². The average Bonchev–Trinajstić information content (AvgIpc) is 2.43. The van der Waals surface area contributed by atoms with Gasteiger partial charge >= 0.3 is 6.18 Å². The molecule has 8 heteroatoms. The lowest BCUT2D eigenvalue weighted by atomic mass is 9.90. The molecule has 1 unspecified atom stereocenters. The molecule has 1 aliphatic carbocycles. The van der Waals surface area contributed by atoms with Gasteiger partial charge in [0, 0.05) is 9.80 Å². The van der Waals surface area contributed by atoms with Crippen LogP contribution in [0.2, 0.25) is 0 Å². The SMILES string of the molecule is NC1(C(F)(F)F)C=C2Sc3ccccc3N(C(=O)[O-])C2=CC1. The summed E-state index contributed by atoms with van der Waals surface area (Å²) in [6, 6.07) is 6.53. The quantitative estimate of drug-likeness (QED) is 0.794. The van der Waals surface area contributed by atoms with E-state index in [1.165, 1.54) is 6.08 Å². The van der Waals surface area contributed by atoms with Crippen LogP contribution < -0.4 is 15.7 Å². The highest BCUT2D eigenvalue weighted by molar-refractivity contribution is 8.03. The van der Waals surface area contributed by atoms with Crippen LogP contribution in [0.25, 0.3) is 0 Å². The number of amides is 1. The van der Waals surface area contributed by atoms with Gasteiger partial charge in [0.15, 0.2) is 0 Å². The minimum absolute atomic E-state index is 0.161. The molecule has 1 atom stereocenters. The zero-order valence-electron chi connectivity index (χ0n) is 11.1. The van der Waals surface area contributed by atoms with E-state index >= 15 is 0 Å². The summed E-state index contributed by atoms with van der Waals surface area (Å²) in [6.07, 6.45) is -4.56. The second kappa shape index (κ2) is 4.79. The molecular formula is C14H10F3N2O2S-. The Kier molecular flexibility index (Phi) is 3.26. The molecule has 0 spiro atoms. The van der Waals surface area contributed by atoms with Crippen molar-refractivity contribution in [3.63, 3.8) is 0 Å². The van der Waals surface area contributed by atoms with Gasteiger partial charge in [0.05, 0.1) is 11.4 Å². The molecule has 0 saturated heterocycles. The lowest BCUT2D eigenvalue weighted by Crippen LogP contribution is -2.53. The molecular weight excluding hydrogens is 317 g/mol. The molecule has 4 nitrogen and oxygen atoms in total. The summed E-state index contributed by atoms with van der Waals surface area (Å²) in [4.78, 5) is 13.0. The fourth-order valence-electron chi connectivity index (χ4n) is 2.39. The van der Waals surface area contributed by atoms with Crippen LogP contribution in [0, 0.1) is 0 Å².